The lowest BCUT2D eigenvalue weighted by molar-refractivity contribution is 0.0523. The predicted molar refractivity (Wildman–Crippen MR) is 84.8 cm³/mol. The molecule has 0 aliphatic rings. The molecule has 0 amide bonds. The number of aryl methyl sites for hydroxylation is 1. The summed E-state index contributed by atoms with van der Waals surface area (Å²) in [7, 11) is 0. The highest BCUT2D eigenvalue weighted by Gasteiger charge is 2.16. The SMILES string of the molecule is CCOC(=O)c1cc(C)nn(Cc2ccc(Cl)cc2Cl)c1=O. The first kappa shape index (κ1) is 16.5. The summed E-state index contributed by atoms with van der Waals surface area (Å²) in [6.45, 7) is 3.71. The van der Waals surface area contributed by atoms with Gasteiger partial charge < -0.3 is 4.74 Å². The molecule has 2 rings (SSSR count). The Morgan fingerprint density at radius 2 is 2.05 bits per heavy atom. The zero-order valence-electron chi connectivity index (χ0n) is 12.1. The molecule has 7 heteroatoms. The Hall–Kier alpha value is -1.85. The quantitative estimate of drug-likeness (QED) is 0.802. The average molecular weight is 341 g/mol. The van der Waals surface area contributed by atoms with Gasteiger partial charge in [-0.15, -0.1) is 0 Å². The van der Waals surface area contributed by atoms with E-state index < -0.39 is 11.5 Å². The first-order valence-electron chi connectivity index (χ1n) is 6.62. The van der Waals surface area contributed by atoms with Gasteiger partial charge in [0.25, 0.3) is 5.56 Å². The van der Waals surface area contributed by atoms with E-state index in [1.807, 2.05) is 0 Å². The maximum atomic E-state index is 12.4. The van der Waals surface area contributed by atoms with Crippen LogP contribution in [0.25, 0.3) is 0 Å². The maximum absolute atomic E-state index is 12.4. The first-order chi connectivity index (χ1) is 10.4. The highest BCUT2D eigenvalue weighted by atomic mass is 35.5. The van der Waals surface area contributed by atoms with Gasteiger partial charge in [-0.1, -0.05) is 29.3 Å². The minimum Gasteiger partial charge on any atom is -0.462 e. The van der Waals surface area contributed by atoms with Crippen LogP contribution in [0.3, 0.4) is 0 Å². The number of rotatable bonds is 4. The number of esters is 1. The highest BCUT2D eigenvalue weighted by Crippen LogP contribution is 2.21. The minimum atomic E-state index is -0.658. The third kappa shape index (κ3) is 3.67. The molecule has 0 atom stereocenters. The number of carbonyl (C=O) groups is 1. The fraction of sp³-hybridized carbons (Fsp3) is 0.267. The van der Waals surface area contributed by atoms with Gasteiger partial charge in [0.2, 0.25) is 0 Å². The van der Waals surface area contributed by atoms with Crippen molar-refractivity contribution in [3.05, 3.63) is 61.5 Å². The van der Waals surface area contributed by atoms with Crippen LogP contribution in [-0.4, -0.2) is 22.4 Å². The Morgan fingerprint density at radius 3 is 2.68 bits per heavy atom. The van der Waals surface area contributed by atoms with Gasteiger partial charge in [-0.3, -0.25) is 4.79 Å². The Balaban J connectivity index is 2.43. The maximum Gasteiger partial charge on any atom is 0.343 e. The number of ether oxygens (including phenoxy) is 1. The molecule has 116 valence electrons. The van der Waals surface area contributed by atoms with E-state index >= 15 is 0 Å². The standard InChI is InChI=1S/C15H14Cl2N2O3/c1-3-22-15(21)12-6-9(2)18-19(14(12)20)8-10-4-5-11(16)7-13(10)17/h4-7H,3,8H2,1-2H3. The van der Waals surface area contributed by atoms with Crippen LogP contribution in [0, 0.1) is 6.92 Å². The van der Waals surface area contributed by atoms with Crippen molar-refractivity contribution in [2.75, 3.05) is 6.61 Å². The summed E-state index contributed by atoms with van der Waals surface area (Å²) in [6, 6.07) is 6.40. The molecular weight excluding hydrogens is 327 g/mol. The van der Waals surface area contributed by atoms with Crippen molar-refractivity contribution in [3.63, 3.8) is 0 Å². The predicted octanol–water partition coefficient (Wildman–Crippen LogP) is 3.08. The largest absolute Gasteiger partial charge is 0.462 e. The normalized spacial score (nSPS) is 10.5. The van der Waals surface area contributed by atoms with Gasteiger partial charge in [-0.25, -0.2) is 9.48 Å². The van der Waals surface area contributed by atoms with Crippen LogP contribution in [0.15, 0.2) is 29.1 Å². The molecule has 0 saturated carbocycles. The van der Waals surface area contributed by atoms with Crippen molar-refractivity contribution in [2.45, 2.75) is 20.4 Å². The van der Waals surface area contributed by atoms with Gasteiger partial charge >= 0.3 is 5.97 Å². The first-order valence-corrected chi connectivity index (χ1v) is 7.37. The van der Waals surface area contributed by atoms with Gasteiger partial charge in [0.15, 0.2) is 0 Å². The van der Waals surface area contributed by atoms with Gasteiger partial charge in [0.05, 0.1) is 18.8 Å². The highest BCUT2D eigenvalue weighted by molar-refractivity contribution is 6.35. The molecule has 2 aromatic rings. The smallest absolute Gasteiger partial charge is 0.343 e. The van der Waals surface area contributed by atoms with Crippen LogP contribution >= 0.6 is 23.2 Å². The molecule has 0 N–H and O–H groups in total. The Morgan fingerprint density at radius 1 is 1.32 bits per heavy atom. The molecule has 1 aromatic carbocycles. The van der Waals surface area contributed by atoms with E-state index in [1.54, 1.807) is 32.0 Å². The number of hydrogen-bond acceptors (Lipinski definition) is 4. The summed E-state index contributed by atoms with van der Waals surface area (Å²) in [6.07, 6.45) is 0. The van der Waals surface area contributed by atoms with Crippen LogP contribution < -0.4 is 5.56 Å². The Bertz CT molecular complexity index is 772. The molecule has 1 heterocycles. The van der Waals surface area contributed by atoms with E-state index in [4.69, 9.17) is 27.9 Å². The van der Waals surface area contributed by atoms with E-state index in [-0.39, 0.29) is 18.7 Å². The van der Waals surface area contributed by atoms with Crippen molar-refractivity contribution in [1.82, 2.24) is 9.78 Å². The summed E-state index contributed by atoms with van der Waals surface area (Å²) in [5.41, 5.74) is 0.656. The van der Waals surface area contributed by atoms with E-state index in [9.17, 15) is 9.59 Å². The summed E-state index contributed by atoms with van der Waals surface area (Å²) in [4.78, 5) is 24.2. The van der Waals surface area contributed by atoms with Crippen molar-refractivity contribution >= 4 is 29.2 Å². The van der Waals surface area contributed by atoms with Crippen molar-refractivity contribution in [3.8, 4) is 0 Å². The summed E-state index contributed by atoms with van der Waals surface area (Å²) in [5.74, 6) is -0.658. The zero-order chi connectivity index (χ0) is 16.3. The van der Waals surface area contributed by atoms with Crippen molar-refractivity contribution in [1.29, 1.82) is 0 Å². The molecule has 0 fully saturated rings. The fourth-order valence-electron chi connectivity index (χ4n) is 1.95. The monoisotopic (exact) mass is 340 g/mol. The third-order valence-electron chi connectivity index (χ3n) is 2.93. The molecule has 0 unspecified atom stereocenters. The van der Waals surface area contributed by atoms with E-state index in [0.717, 1.165) is 0 Å². The Kier molecular flexibility index (Phi) is 5.21. The molecule has 0 aliphatic carbocycles. The minimum absolute atomic E-state index is 0.0422. The van der Waals surface area contributed by atoms with Gasteiger partial charge in [0, 0.05) is 10.0 Å². The van der Waals surface area contributed by atoms with E-state index in [2.05, 4.69) is 5.10 Å². The van der Waals surface area contributed by atoms with Crippen LogP contribution in [0.5, 0.6) is 0 Å². The zero-order valence-corrected chi connectivity index (χ0v) is 13.6. The summed E-state index contributed by atoms with van der Waals surface area (Å²) >= 11 is 12.0. The summed E-state index contributed by atoms with van der Waals surface area (Å²) in [5, 5.41) is 5.08. The van der Waals surface area contributed by atoms with Gasteiger partial charge in [-0.2, -0.15) is 5.10 Å². The molecule has 5 nitrogen and oxygen atoms in total. The third-order valence-corrected chi connectivity index (χ3v) is 3.51. The van der Waals surface area contributed by atoms with E-state index in [1.165, 1.54) is 10.7 Å². The number of benzene rings is 1. The number of hydrogen-bond donors (Lipinski definition) is 0. The lowest BCUT2D eigenvalue weighted by Gasteiger charge is -2.10. The Labute approximate surface area is 137 Å². The number of nitrogens with zero attached hydrogens (tertiary/aromatic N) is 2. The molecule has 22 heavy (non-hydrogen) atoms. The van der Waals surface area contributed by atoms with Crippen LogP contribution in [0.2, 0.25) is 10.0 Å². The van der Waals surface area contributed by atoms with Crippen LogP contribution in [0.1, 0.15) is 28.5 Å². The second kappa shape index (κ2) is 6.94. The van der Waals surface area contributed by atoms with Crippen LogP contribution in [-0.2, 0) is 11.3 Å². The molecular formula is C15H14Cl2N2O3. The second-order valence-corrected chi connectivity index (χ2v) is 5.46. The molecule has 0 radical (unpaired) electrons. The van der Waals surface area contributed by atoms with Crippen molar-refractivity contribution in [2.24, 2.45) is 0 Å². The fourth-order valence-corrected chi connectivity index (χ4v) is 2.42. The molecule has 0 spiro atoms. The molecule has 0 saturated heterocycles. The summed E-state index contributed by atoms with van der Waals surface area (Å²) < 4.78 is 6.08. The average Bonchev–Trinajstić information content (AvgIpc) is 2.45. The number of carbonyl (C=O) groups excluding carboxylic acids is 1. The van der Waals surface area contributed by atoms with Gasteiger partial charge in [0.1, 0.15) is 5.56 Å². The number of halogens is 2. The van der Waals surface area contributed by atoms with Gasteiger partial charge in [-0.05, 0) is 37.6 Å². The molecule has 0 aliphatic heterocycles. The molecule has 0 bridgehead atoms. The molecule has 1 aromatic heterocycles. The lowest BCUT2D eigenvalue weighted by Crippen LogP contribution is -2.30. The topological polar surface area (TPSA) is 61.2 Å². The lowest BCUT2D eigenvalue weighted by atomic mass is 10.2. The second-order valence-electron chi connectivity index (χ2n) is 4.62. The van der Waals surface area contributed by atoms with E-state index in [0.29, 0.717) is 21.3 Å². The van der Waals surface area contributed by atoms with Crippen molar-refractivity contribution < 1.29 is 9.53 Å². The van der Waals surface area contributed by atoms with Crippen LogP contribution in [0.4, 0.5) is 0 Å². The number of aromatic nitrogens is 2.